The topological polar surface area (TPSA) is 38.2 Å². The number of pyridine rings is 2. The monoisotopic (exact) mass is 425 g/mol. The van der Waals surface area contributed by atoms with Gasteiger partial charge in [0.25, 0.3) is 0 Å². The van der Waals surface area contributed by atoms with Gasteiger partial charge in [-0.1, -0.05) is 20.8 Å². The molecular formula is C28H31N3O. The van der Waals surface area contributed by atoms with E-state index in [0.717, 1.165) is 54.0 Å². The van der Waals surface area contributed by atoms with Crippen LogP contribution in [0.1, 0.15) is 37.5 Å². The highest BCUT2D eigenvalue weighted by Gasteiger charge is 2.21. The van der Waals surface area contributed by atoms with Crippen molar-refractivity contribution < 1.29 is 4.74 Å². The van der Waals surface area contributed by atoms with Gasteiger partial charge in [-0.25, -0.2) is 4.98 Å². The Kier molecular flexibility index (Phi) is 5.24. The maximum atomic E-state index is 5.97. The lowest BCUT2D eigenvalue weighted by Crippen LogP contribution is -2.23. The first-order valence-electron chi connectivity index (χ1n) is 11.7. The van der Waals surface area contributed by atoms with Crippen LogP contribution in [0.4, 0.5) is 5.82 Å². The lowest BCUT2D eigenvalue weighted by Gasteiger charge is -2.23. The molecule has 2 aromatic heterocycles. The molecule has 2 aromatic carbocycles. The number of hydrogen-bond acceptors (Lipinski definition) is 4. The van der Waals surface area contributed by atoms with Gasteiger partial charge in [0.15, 0.2) is 0 Å². The van der Waals surface area contributed by atoms with Crippen LogP contribution in [0.25, 0.3) is 32.9 Å². The van der Waals surface area contributed by atoms with E-state index in [4.69, 9.17) is 14.7 Å². The molecule has 4 heteroatoms. The average Bonchev–Trinajstić information content (AvgIpc) is 2.78. The summed E-state index contributed by atoms with van der Waals surface area (Å²) in [6, 6.07) is 13.1. The smallest absolute Gasteiger partial charge is 0.129 e. The van der Waals surface area contributed by atoms with E-state index in [1.54, 1.807) is 0 Å². The number of nitrogens with zero attached hydrogens (tertiary/aromatic N) is 3. The molecule has 0 unspecified atom stereocenters. The number of aryl methyl sites for hydroxylation is 1. The summed E-state index contributed by atoms with van der Waals surface area (Å²) in [6.07, 6.45) is 3.83. The van der Waals surface area contributed by atoms with Crippen molar-refractivity contribution in [3.8, 4) is 16.9 Å². The second-order valence-electron chi connectivity index (χ2n) is 9.31. The molecule has 4 aromatic rings. The van der Waals surface area contributed by atoms with E-state index in [9.17, 15) is 0 Å². The molecule has 164 valence electrons. The summed E-state index contributed by atoms with van der Waals surface area (Å²) in [5.41, 5.74) is 8.47. The minimum Gasteiger partial charge on any atom is -0.493 e. The van der Waals surface area contributed by atoms with Crippen LogP contribution >= 0.6 is 0 Å². The molecule has 0 bridgehead atoms. The van der Waals surface area contributed by atoms with Crippen LogP contribution in [0.15, 0.2) is 42.6 Å². The predicted octanol–water partition coefficient (Wildman–Crippen LogP) is 6.35. The van der Waals surface area contributed by atoms with E-state index in [-0.39, 0.29) is 0 Å². The van der Waals surface area contributed by atoms with Gasteiger partial charge in [0.2, 0.25) is 0 Å². The van der Waals surface area contributed by atoms with Crippen molar-refractivity contribution >= 4 is 27.6 Å². The summed E-state index contributed by atoms with van der Waals surface area (Å²) in [7, 11) is 2.12. The maximum absolute atomic E-state index is 5.97. The molecule has 1 aliphatic heterocycles. The zero-order valence-electron chi connectivity index (χ0n) is 19.7. The summed E-state index contributed by atoms with van der Waals surface area (Å²) in [5, 5.41) is 2.35. The Morgan fingerprint density at radius 1 is 1.12 bits per heavy atom. The molecule has 0 N–H and O–H groups in total. The fourth-order valence-electron chi connectivity index (χ4n) is 5.16. The minimum atomic E-state index is 0.586. The quantitative estimate of drug-likeness (QED) is 0.373. The van der Waals surface area contributed by atoms with Gasteiger partial charge in [-0.3, -0.25) is 4.98 Å². The molecule has 4 nitrogen and oxygen atoms in total. The normalized spacial score (nSPS) is 13.1. The second kappa shape index (κ2) is 8.09. The van der Waals surface area contributed by atoms with E-state index >= 15 is 0 Å². The van der Waals surface area contributed by atoms with Gasteiger partial charge in [-0.05, 0) is 77.9 Å². The first-order valence-corrected chi connectivity index (χ1v) is 11.7. The molecular weight excluding hydrogens is 394 g/mol. The second-order valence-corrected chi connectivity index (χ2v) is 9.31. The molecule has 0 spiro atoms. The molecule has 0 amide bonds. The van der Waals surface area contributed by atoms with Crippen molar-refractivity contribution in [3.05, 3.63) is 59.3 Å². The van der Waals surface area contributed by atoms with Crippen molar-refractivity contribution in [1.29, 1.82) is 0 Å². The Hall–Kier alpha value is -3.14. The Bertz CT molecular complexity index is 1320. The number of fused-ring (bicyclic) bond motifs is 1. The van der Waals surface area contributed by atoms with E-state index in [1.807, 2.05) is 6.20 Å². The van der Waals surface area contributed by atoms with Crippen molar-refractivity contribution in [2.24, 2.45) is 5.92 Å². The van der Waals surface area contributed by atoms with Crippen molar-refractivity contribution in [2.75, 3.05) is 25.1 Å². The summed E-state index contributed by atoms with van der Waals surface area (Å²) >= 11 is 0. The fourth-order valence-corrected chi connectivity index (χ4v) is 5.16. The third-order valence-corrected chi connectivity index (χ3v) is 6.53. The summed E-state index contributed by atoms with van der Waals surface area (Å²) < 4.78 is 5.97. The number of ether oxygens (including phenoxy) is 1. The van der Waals surface area contributed by atoms with Crippen LogP contribution in [0.5, 0.6) is 5.75 Å². The Labute approximate surface area is 190 Å². The van der Waals surface area contributed by atoms with Gasteiger partial charge >= 0.3 is 0 Å². The van der Waals surface area contributed by atoms with Gasteiger partial charge in [0.05, 0.1) is 17.6 Å². The lowest BCUT2D eigenvalue weighted by atomic mass is 9.88. The molecule has 0 saturated carbocycles. The van der Waals surface area contributed by atoms with E-state index in [2.05, 4.69) is 76.0 Å². The fraction of sp³-hybridized carbons (Fsp3) is 0.357. The van der Waals surface area contributed by atoms with Crippen LogP contribution in [-0.4, -0.2) is 30.2 Å². The first-order chi connectivity index (χ1) is 15.5. The molecule has 0 radical (unpaired) electrons. The maximum Gasteiger partial charge on any atom is 0.129 e. The molecule has 0 atom stereocenters. The number of aromatic nitrogens is 2. The predicted molar refractivity (Wildman–Crippen MR) is 134 cm³/mol. The first kappa shape index (κ1) is 20.7. The zero-order valence-corrected chi connectivity index (χ0v) is 19.7. The standard InChI is InChI=1S/C28H31N3O/c1-6-20-18(4)15-23-21(8-10-25(30-23)31(5)16-17(2)3)27(20)22-7-9-24-26-19(12-14-32-24)11-13-29-28(22)26/h7-11,13,15,17H,6,12,14,16H2,1-5H3. The highest BCUT2D eigenvalue weighted by Crippen LogP contribution is 2.42. The van der Waals surface area contributed by atoms with Gasteiger partial charge in [-0.2, -0.15) is 0 Å². The van der Waals surface area contributed by atoms with Gasteiger partial charge in [0.1, 0.15) is 11.6 Å². The SMILES string of the molecule is CCc1c(C)cc2nc(N(C)CC(C)C)ccc2c1-c1ccc2c3c(ccnc13)CCO2. The third kappa shape index (κ3) is 3.38. The molecule has 0 fully saturated rings. The minimum absolute atomic E-state index is 0.586. The number of anilines is 1. The van der Waals surface area contributed by atoms with E-state index in [0.29, 0.717) is 5.92 Å². The number of benzene rings is 2. The molecule has 0 aliphatic carbocycles. The van der Waals surface area contributed by atoms with Crippen LogP contribution in [0.2, 0.25) is 0 Å². The highest BCUT2D eigenvalue weighted by molar-refractivity contribution is 6.07. The van der Waals surface area contributed by atoms with Crippen LogP contribution in [-0.2, 0) is 12.8 Å². The van der Waals surface area contributed by atoms with Gasteiger partial charge < -0.3 is 9.64 Å². The number of hydrogen-bond donors (Lipinski definition) is 0. The number of rotatable bonds is 5. The summed E-state index contributed by atoms with van der Waals surface area (Å²) in [4.78, 5) is 12.2. The molecule has 0 saturated heterocycles. The van der Waals surface area contributed by atoms with Gasteiger partial charge in [0, 0.05) is 42.5 Å². The summed E-state index contributed by atoms with van der Waals surface area (Å²) in [5.74, 6) is 2.55. The Morgan fingerprint density at radius 2 is 1.97 bits per heavy atom. The average molecular weight is 426 g/mol. The lowest BCUT2D eigenvalue weighted by molar-refractivity contribution is 0.318. The highest BCUT2D eigenvalue weighted by atomic mass is 16.5. The Balaban J connectivity index is 1.78. The van der Waals surface area contributed by atoms with E-state index in [1.165, 1.54) is 33.2 Å². The van der Waals surface area contributed by atoms with Gasteiger partial charge in [-0.15, -0.1) is 0 Å². The molecule has 32 heavy (non-hydrogen) atoms. The van der Waals surface area contributed by atoms with Crippen LogP contribution < -0.4 is 9.64 Å². The largest absolute Gasteiger partial charge is 0.493 e. The molecule has 1 aliphatic rings. The molecule has 5 rings (SSSR count). The van der Waals surface area contributed by atoms with Crippen LogP contribution in [0, 0.1) is 12.8 Å². The van der Waals surface area contributed by atoms with Crippen LogP contribution in [0.3, 0.4) is 0 Å². The van der Waals surface area contributed by atoms with Crippen molar-refractivity contribution in [1.82, 2.24) is 9.97 Å². The van der Waals surface area contributed by atoms with E-state index < -0.39 is 0 Å². The van der Waals surface area contributed by atoms with Crippen molar-refractivity contribution in [3.63, 3.8) is 0 Å². The Morgan fingerprint density at radius 3 is 2.75 bits per heavy atom. The van der Waals surface area contributed by atoms with Crippen molar-refractivity contribution in [2.45, 2.75) is 40.5 Å². The summed E-state index contributed by atoms with van der Waals surface area (Å²) in [6.45, 7) is 10.6. The zero-order chi connectivity index (χ0) is 22.4. The third-order valence-electron chi connectivity index (χ3n) is 6.53. The molecule has 3 heterocycles.